The average Bonchev–Trinajstić information content (AvgIpc) is 2.52. The third kappa shape index (κ3) is 2.72. The molecule has 3 rings (SSSR count). The van der Waals surface area contributed by atoms with Crippen molar-refractivity contribution in [3.05, 3.63) is 70.8 Å². The Kier molecular flexibility index (Phi) is 4.18. The van der Waals surface area contributed by atoms with Gasteiger partial charge in [-0.05, 0) is 37.8 Å². The van der Waals surface area contributed by atoms with Gasteiger partial charge in [-0.25, -0.2) is 0 Å². The van der Waals surface area contributed by atoms with Crippen LogP contribution in [0.15, 0.2) is 48.5 Å². The first-order chi connectivity index (χ1) is 11.2. The van der Waals surface area contributed by atoms with Gasteiger partial charge in [0, 0.05) is 0 Å². The van der Waals surface area contributed by atoms with Crippen molar-refractivity contribution < 1.29 is 17.6 Å². The zero-order valence-corrected chi connectivity index (χ0v) is 13.7. The molecule has 0 aromatic heterocycles. The first-order valence-corrected chi connectivity index (χ1v) is 8.12. The number of halogens is 4. The van der Waals surface area contributed by atoms with Gasteiger partial charge in [0.05, 0.1) is 11.8 Å². The SMILES string of the molecule is Cc1ccc(C2CCC(c3ccc(C)cc3)C(F)(F)C2(F)F)cc1. The van der Waals surface area contributed by atoms with E-state index < -0.39 is 23.7 Å². The van der Waals surface area contributed by atoms with Crippen LogP contribution in [0.2, 0.25) is 0 Å². The zero-order valence-electron chi connectivity index (χ0n) is 13.7. The number of aryl methyl sites for hydroxylation is 2. The highest BCUT2D eigenvalue weighted by atomic mass is 19.3. The van der Waals surface area contributed by atoms with Crippen molar-refractivity contribution >= 4 is 0 Å². The monoisotopic (exact) mass is 336 g/mol. The number of benzene rings is 2. The summed E-state index contributed by atoms with van der Waals surface area (Å²) in [5.74, 6) is -11.0. The molecule has 1 aliphatic carbocycles. The van der Waals surface area contributed by atoms with Gasteiger partial charge in [-0.2, -0.15) is 17.6 Å². The molecule has 0 amide bonds. The maximum Gasteiger partial charge on any atom is 0.317 e. The van der Waals surface area contributed by atoms with Crippen LogP contribution < -0.4 is 0 Å². The second-order valence-electron chi connectivity index (χ2n) is 6.75. The summed E-state index contributed by atoms with van der Waals surface area (Å²) in [6, 6.07) is 12.9. The quantitative estimate of drug-likeness (QED) is 0.570. The number of alkyl halides is 4. The molecule has 0 heterocycles. The van der Waals surface area contributed by atoms with Crippen LogP contribution in [0.4, 0.5) is 17.6 Å². The maximum absolute atomic E-state index is 14.7. The van der Waals surface area contributed by atoms with Crippen LogP contribution in [0.1, 0.15) is 46.9 Å². The minimum absolute atomic E-state index is 0.0458. The second kappa shape index (κ2) is 5.91. The van der Waals surface area contributed by atoms with Crippen LogP contribution in [-0.2, 0) is 0 Å². The van der Waals surface area contributed by atoms with Crippen molar-refractivity contribution in [1.82, 2.24) is 0 Å². The first-order valence-electron chi connectivity index (χ1n) is 8.12. The molecule has 0 spiro atoms. The van der Waals surface area contributed by atoms with Gasteiger partial charge in [-0.3, -0.25) is 0 Å². The van der Waals surface area contributed by atoms with Crippen molar-refractivity contribution in [3.8, 4) is 0 Å². The standard InChI is InChI=1S/C20H20F4/c1-13-3-7-15(8-4-13)17-11-12-18(20(23,24)19(17,21)22)16-9-5-14(2)6-10-16/h3-10,17-18H,11-12H2,1-2H3. The van der Waals surface area contributed by atoms with E-state index in [4.69, 9.17) is 0 Å². The Hall–Kier alpha value is -1.84. The van der Waals surface area contributed by atoms with Crippen LogP contribution in [0.3, 0.4) is 0 Å². The average molecular weight is 336 g/mol. The molecule has 1 saturated carbocycles. The third-order valence-electron chi connectivity index (χ3n) is 5.02. The van der Waals surface area contributed by atoms with Crippen molar-refractivity contribution in [2.45, 2.75) is 50.4 Å². The minimum Gasteiger partial charge on any atom is -0.199 e. The van der Waals surface area contributed by atoms with E-state index in [1.807, 2.05) is 13.8 Å². The molecule has 128 valence electrons. The summed E-state index contributed by atoms with van der Waals surface area (Å²) in [5, 5.41) is 0. The Morgan fingerprint density at radius 1 is 0.625 bits per heavy atom. The molecule has 24 heavy (non-hydrogen) atoms. The molecule has 2 aromatic carbocycles. The van der Waals surface area contributed by atoms with Gasteiger partial charge in [-0.1, -0.05) is 59.7 Å². The molecular weight excluding hydrogens is 316 g/mol. The molecule has 0 radical (unpaired) electrons. The van der Waals surface area contributed by atoms with Gasteiger partial charge in [0.2, 0.25) is 0 Å². The topological polar surface area (TPSA) is 0 Å². The maximum atomic E-state index is 14.7. The van der Waals surface area contributed by atoms with E-state index in [1.54, 1.807) is 24.3 Å². The first kappa shape index (κ1) is 17.0. The summed E-state index contributed by atoms with van der Waals surface area (Å²) in [6.45, 7) is 3.68. The number of hydrogen-bond acceptors (Lipinski definition) is 0. The normalized spacial score (nSPS) is 25.4. The zero-order chi connectivity index (χ0) is 17.5. The van der Waals surface area contributed by atoms with E-state index >= 15 is 0 Å². The highest BCUT2D eigenvalue weighted by Gasteiger charge is 2.67. The summed E-state index contributed by atoms with van der Waals surface area (Å²) in [5.41, 5.74) is 2.41. The van der Waals surface area contributed by atoms with E-state index in [1.165, 1.54) is 24.3 Å². The van der Waals surface area contributed by atoms with Gasteiger partial charge in [0.15, 0.2) is 0 Å². The van der Waals surface area contributed by atoms with Crippen LogP contribution >= 0.6 is 0 Å². The van der Waals surface area contributed by atoms with E-state index in [-0.39, 0.29) is 24.0 Å². The molecule has 0 saturated heterocycles. The molecule has 2 unspecified atom stereocenters. The lowest BCUT2D eigenvalue weighted by molar-refractivity contribution is -0.249. The fraction of sp³-hybridized carbons (Fsp3) is 0.400. The lowest BCUT2D eigenvalue weighted by Crippen LogP contribution is -2.52. The summed E-state index contributed by atoms with van der Waals surface area (Å²) in [7, 11) is 0. The summed E-state index contributed by atoms with van der Waals surface area (Å²) < 4.78 is 58.8. The largest absolute Gasteiger partial charge is 0.317 e. The lowest BCUT2D eigenvalue weighted by atomic mass is 9.71. The molecule has 0 N–H and O–H groups in total. The molecule has 0 bridgehead atoms. The van der Waals surface area contributed by atoms with Crippen molar-refractivity contribution in [2.75, 3.05) is 0 Å². The van der Waals surface area contributed by atoms with Crippen LogP contribution in [-0.4, -0.2) is 11.8 Å². The summed E-state index contributed by atoms with van der Waals surface area (Å²) in [4.78, 5) is 0. The fourth-order valence-corrected chi connectivity index (χ4v) is 3.51. The molecule has 1 aliphatic rings. The van der Waals surface area contributed by atoms with E-state index in [0.29, 0.717) is 0 Å². The second-order valence-corrected chi connectivity index (χ2v) is 6.75. The van der Waals surface area contributed by atoms with Gasteiger partial charge >= 0.3 is 11.8 Å². The van der Waals surface area contributed by atoms with Crippen LogP contribution in [0.25, 0.3) is 0 Å². The lowest BCUT2D eigenvalue weighted by Gasteiger charge is -2.43. The smallest absolute Gasteiger partial charge is 0.199 e. The Morgan fingerprint density at radius 3 is 1.21 bits per heavy atom. The fourth-order valence-electron chi connectivity index (χ4n) is 3.51. The minimum atomic E-state index is -4.07. The van der Waals surface area contributed by atoms with Gasteiger partial charge < -0.3 is 0 Å². The van der Waals surface area contributed by atoms with E-state index in [0.717, 1.165) is 11.1 Å². The van der Waals surface area contributed by atoms with Crippen LogP contribution in [0, 0.1) is 13.8 Å². The molecular formula is C20H20F4. The summed E-state index contributed by atoms with van der Waals surface area (Å²) >= 11 is 0. The predicted molar refractivity (Wildman–Crippen MR) is 87.0 cm³/mol. The number of hydrogen-bond donors (Lipinski definition) is 0. The molecule has 0 nitrogen and oxygen atoms in total. The van der Waals surface area contributed by atoms with E-state index in [9.17, 15) is 17.6 Å². The van der Waals surface area contributed by atoms with Crippen molar-refractivity contribution in [2.24, 2.45) is 0 Å². The highest BCUT2D eigenvalue weighted by molar-refractivity contribution is 5.33. The molecule has 2 aromatic rings. The molecule has 0 aliphatic heterocycles. The van der Waals surface area contributed by atoms with Crippen LogP contribution in [0.5, 0.6) is 0 Å². The Morgan fingerprint density at radius 2 is 0.917 bits per heavy atom. The molecule has 4 heteroatoms. The highest BCUT2D eigenvalue weighted by Crippen LogP contribution is 2.58. The predicted octanol–water partition coefficient (Wildman–Crippen LogP) is 6.24. The molecule has 1 fully saturated rings. The number of rotatable bonds is 2. The van der Waals surface area contributed by atoms with Gasteiger partial charge in [0.25, 0.3) is 0 Å². The Labute approximate surface area is 139 Å². The van der Waals surface area contributed by atoms with Gasteiger partial charge in [-0.15, -0.1) is 0 Å². The van der Waals surface area contributed by atoms with Crippen molar-refractivity contribution in [1.29, 1.82) is 0 Å². The third-order valence-corrected chi connectivity index (χ3v) is 5.02. The van der Waals surface area contributed by atoms with E-state index in [2.05, 4.69) is 0 Å². The Bertz CT molecular complexity index is 638. The molecule has 2 atom stereocenters. The Balaban J connectivity index is 1.95. The summed E-state index contributed by atoms with van der Waals surface area (Å²) in [6.07, 6.45) is 0.0917. The van der Waals surface area contributed by atoms with Crippen molar-refractivity contribution in [3.63, 3.8) is 0 Å². The van der Waals surface area contributed by atoms with Gasteiger partial charge in [0.1, 0.15) is 0 Å².